The smallest absolute Gasteiger partial charge is 0.130 e. The number of halogens is 2. The van der Waals surface area contributed by atoms with Crippen LogP contribution in [0, 0.1) is 11.6 Å². The zero-order valence-corrected chi connectivity index (χ0v) is 9.97. The van der Waals surface area contributed by atoms with Crippen LogP contribution in [0.4, 0.5) is 8.78 Å². The second-order valence-electron chi connectivity index (χ2n) is 4.53. The van der Waals surface area contributed by atoms with E-state index in [-0.39, 0.29) is 5.82 Å². The minimum atomic E-state index is -0.398. The average molecular weight is 237 g/mol. The van der Waals surface area contributed by atoms with Crippen LogP contribution in [0.3, 0.4) is 0 Å². The Labute approximate surface area is 101 Å². The summed E-state index contributed by atoms with van der Waals surface area (Å²) in [5.74, 6) is -0.763. The van der Waals surface area contributed by atoms with Gasteiger partial charge in [-0.15, -0.1) is 0 Å². The van der Waals surface area contributed by atoms with Crippen molar-refractivity contribution in [2.24, 2.45) is 0 Å². The summed E-state index contributed by atoms with van der Waals surface area (Å²) in [4.78, 5) is 0. The Balaban J connectivity index is 1.94. The number of hydrogen-bond donors (Lipinski definition) is 1. The van der Waals surface area contributed by atoms with Gasteiger partial charge in [0.2, 0.25) is 0 Å². The summed E-state index contributed by atoms with van der Waals surface area (Å²) in [6.07, 6.45) is 5.33. The van der Waals surface area contributed by atoms with Gasteiger partial charge in [0, 0.05) is 11.6 Å². The normalized spacial score (nSPS) is 16.3. The summed E-state index contributed by atoms with van der Waals surface area (Å²) >= 11 is 0. The van der Waals surface area contributed by atoms with Crippen LogP contribution in [-0.2, 0) is 0 Å². The van der Waals surface area contributed by atoms with Gasteiger partial charge in [0.25, 0.3) is 0 Å². The first-order valence-corrected chi connectivity index (χ1v) is 6.02. The first-order valence-electron chi connectivity index (χ1n) is 6.02. The van der Waals surface area contributed by atoms with Gasteiger partial charge in [-0.3, -0.25) is 0 Å². The molecule has 0 atom stereocenters. The summed E-state index contributed by atoms with van der Waals surface area (Å²) < 4.78 is 26.4. The van der Waals surface area contributed by atoms with Gasteiger partial charge in [0.15, 0.2) is 0 Å². The van der Waals surface area contributed by atoms with Crippen LogP contribution in [0.25, 0.3) is 5.57 Å². The minimum absolute atomic E-state index is 0.358. The first kappa shape index (κ1) is 12.2. The second-order valence-corrected chi connectivity index (χ2v) is 4.53. The fraction of sp³-hybridized carbons (Fsp3) is 0.429. The fourth-order valence-corrected chi connectivity index (χ4v) is 1.77. The van der Waals surface area contributed by atoms with E-state index in [9.17, 15) is 8.78 Å². The molecule has 17 heavy (non-hydrogen) atoms. The largest absolute Gasteiger partial charge is 0.314 e. The molecule has 0 amide bonds. The predicted molar refractivity (Wildman–Crippen MR) is 65.7 cm³/mol. The Hall–Kier alpha value is -1.22. The molecule has 1 aliphatic rings. The highest BCUT2D eigenvalue weighted by Gasteiger charge is 2.19. The Morgan fingerprint density at radius 1 is 1.41 bits per heavy atom. The van der Waals surface area contributed by atoms with Crippen LogP contribution in [0.2, 0.25) is 0 Å². The van der Waals surface area contributed by atoms with Gasteiger partial charge in [-0.1, -0.05) is 6.08 Å². The SMILES string of the molecule is CC(=CCCNC1CC1)c1cc(F)ccc1F. The molecule has 1 nitrogen and oxygen atoms in total. The number of rotatable bonds is 5. The molecule has 1 fully saturated rings. The van der Waals surface area contributed by atoms with Crippen molar-refractivity contribution >= 4 is 5.57 Å². The Bertz CT molecular complexity index is 422. The highest BCUT2D eigenvalue weighted by Crippen LogP contribution is 2.20. The van der Waals surface area contributed by atoms with Crippen LogP contribution in [0.1, 0.15) is 31.7 Å². The molecule has 1 aromatic carbocycles. The van der Waals surface area contributed by atoms with Crippen molar-refractivity contribution in [2.45, 2.75) is 32.2 Å². The lowest BCUT2D eigenvalue weighted by atomic mass is 10.1. The summed E-state index contributed by atoms with van der Waals surface area (Å²) in [5.41, 5.74) is 1.15. The van der Waals surface area contributed by atoms with Crippen LogP contribution in [0.5, 0.6) is 0 Å². The van der Waals surface area contributed by atoms with Crippen molar-refractivity contribution in [1.29, 1.82) is 0 Å². The third-order valence-corrected chi connectivity index (χ3v) is 2.96. The van der Waals surface area contributed by atoms with Crippen molar-refractivity contribution in [1.82, 2.24) is 5.32 Å². The number of hydrogen-bond acceptors (Lipinski definition) is 1. The molecule has 0 saturated heterocycles. The third kappa shape index (κ3) is 3.63. The monoisotopic (exact) mass is 237 g/mol. The van der Waals surface area contributed by atoms with E-state index in [1.165, 1.54) is 25.0 Å². The zero-order valence-electron chi connectivity index (χ0n) is 9.97. The maximum absolute atomic E-state index is 13.4. The molecule has 0 heterocycles. The third-order valence-electron chi connectivity index (χ3n) is 2.96. The van der Waals surface area contributed by atoms with Crippen LogP contribution in [0.15, 0.2) is 24.3 Å². The second kappa shape index (κ2) is 5.41. The van der Waals surface area contributed by atoms with Crippen molar-refractivity contribution < 1.29 is 8.78 Å². The van der Waals surface area contributed by atoms with Crippen LogP contribution >= 0.6 is 0 Å². The van der Waals surface area contributed by atoms with Gasteiger partial charge < -0.3 is 5.32 Å². The standard InChI is InChI=1S/C14H17F2N/c1-10(3-2-8-17-12-5-6-12)13-9-11(15)4-7-14(13)16/h3-4,7,9,12,17H,2,5-6,8H2,1H3. The molecule has 0 aromatic heterocycles. The molecule has 1 aliphatic carbocycles. The van der Waals surface area contributed by atoms with Crippen LogP contribution in [-0.4, -0.2) is 12.6 Å². The zero-order chi connectivity index (χ0) is 12.3. The molecule has 0 aliphatic heterocycles. The van der Waals surface area contributed by atoms with Gasteiger partial charge >= 0.3 is 0 Å². The molecule has 3 heteroatoms. The number of nitrogens with one attached hydrogen (secondary N) is 1. The molecule has 0 unspecified atom stereocenters. The molecule has 1 N–H and O–H groups in total. The van der Waals surface area contributed by atoms with E-state index in [0.717, 1.165) is 24.6 Å². The number of benzene rings is 1. The van der Waals surface area contributed by atoms with E-state index < -0.39 is 5.82 Å². The molecule has 92 valence electrons. The van der Waals surface area contributed by atoms with E-state index in [0.29, 0.717) is 11.6 Å². The van der Waals surface area contributed by atoms with E-state index >= 15 is 0 Å². The van der Waals surface area contributed by atoms with Crippen LogP contribution < -0.4 is 5.32 Å². The highest BCUT2D eigenvalue weighted by atomic mass is 19.1. The van der Waals surface area contributed by atoms with Crippen molar-refractivity contribution in [3.63, 3.8) is 0 Å². The lowest BCUT2D eigenvalue weighted by Crippen LogP contribution is -2.16. The van der Waals surface area contributed by atoms with Crippen molar-refractivity contribution in [3.8, 4) is 0 Å². The minimum Gasteiger partial charge on any atom is -0.314 e. The molecular weight excluding hydrogens is 220 g/mol. The fourth-order valence-electron chi connectivity index (χ4n) is 1.77. The predicted octanol–water partition coefficient (Wildman–Crippen LogP) is 3.51. The molecular formula is C14H17F2N. The average Bonchev–Trinajstić information content (AvgIpc) is 3.11. The molecule has 2 rings (SSSR count). The number of allylic oxidation sites excluding steroid dienone is 1. The maximum atomic E-state index is 13.4. The van der Waals surface area contributed by atoms with Gasteiger partial charge in [0.05, 0.1) is 0 Å². The molecule has 0 bridgehead atoms. The summed E-state index contributed by atoms with van der Waals surface area (Å²) in [5, 5.41) is 3.38. The van der Waals surface area contributed by atoms with Gasteiger partial charge in [0.1, 0.15) is 11.6 Å². The molecule has 0 spiro atoms. The van der Waals surface area contributed by atoms with Gasteiger partial charge in [-0.25, -0.2) is 8.78 Å². The highest BCUT2D eigenvalue weighted by molar-refractivity contribution is 5.64. The van der Waals surface area contributed by atoms with E-state index in [4.69, 9.17) is 0 Å². The molecule has 0 radical (unpaired) electrons. The van der Waals surface area contributed by atoms with E-state index in [1.807, 2.05) is 13.0 Å². The first-order chi connectivity index (χ1) is 8.16. The topological polar surface area (TPSA) is 12.0 Å². The summed E-state index contributed by atoms with van der Waals surface area (Å²) in [6, 6.07) is 4.25. The lowest BCUT2D eigenvalue weighted by molar-refractivity contribution is 0.597. The van der Waals surface area contributed by atoms with Crippen molar-refractivity contribution in [2.75, 3.05) is 6.54 Å². The van der Waals surface area contributed by atoms with E-state index in [2.05, 4.69) is 5.32 Å². The molecule has 1 saturated carbocycles. The van der Waals surface area contributed by atoms with E-state index in [1.54, 1.807) is 0 Å². The quantitative estimate of drug-likeness (QED) is 0.773. The Morgan fingerprint density at radius 2 is 2.18 bits per heavy atom. The Kier molecular flexibility index (Phi) is 3.89. The summed E-state index contributed by atoms with van der Waals surface area (Å²) in [7, 11) is 0. The van der Waals surface area contributed by atoms with Crippen molar-refractivity contribution in [3.05, 3.63) is 41.5 Å². The summed E-state index contributed by atoms with van der Waals surface area (Å²) in [6.45, 7) is 2.72. The van der Waals surface area contributed by atoms with Gasteiger partial charge in [-0.2, -0.15) is 0 Å². The molecule has 1 aromatic rings. The Morgan fingerprint density at radius 3 is 2.88 bits per heavy atom. The lowest BCUT2D eigenvalue weighted by Gasteiger charge is -2.04. The van der Waals surface area contributed by atoms with Gasteiger partial charge in [-0.05, 0) is 56.5 Å². The maximum Gasteiger partial charge on any atom is 0.130 e.